The normalized spacial score (nSPS) is 16.8. The lowest BCUT2D eigenvalue weighted by Crippen LogP contribution is -2.28. The Kier molecular flexibility index (Phi) is 6.26. The number of carbonyl (C=O) groups excluding carboxylic acids is 1. The quantitative estimate of drug-likeness (QED) is 0.470. The van der Waals surface area contributed by atoms with Gasteiger partial charge in [0.05, 0.1) is 20.2 Å². The van der Waals surface area contributed by atoms with E-state index in [9.17, 15) is 13.2 Å². The third kappa shape index (κ3) is 4.45. The second-order valence-corrected chi connectivity index (χ2v) is 11.0. The summed E-state index contributed by atoms with van der Waals surface area (Å²) in [6.07, 6.45) is 2.17. The summed E-state index contributed by atoms with van der Waals surface area (Å²) in [6.45, 7) is 0.540. The second-order valence-electron chi connectivity index (χ2n) is 6.37. The highest BCUT2D eigenvalue weighted by atomic mass is 35.5. The molecular weight excluding hydrogens is 485 g/mol. The van der Waals surface area contributed by atoms with Crippen LogP contribution in [0.1, 0.15) is 9.27 Å². The molecule has 0 aliphatic carbocycles. The zero-order valence-corrected chi connectivity index (χ0v) is 19.2. The summed E-state index contributed by atoms with van der Waals surface area (Å²) in [4.78, 5) is 19.3. The van der Waals surface area contributed by atoms with Crippen molar-refractivity contribution in [3.05, 3.63) is 64.1 Å². The molecule has 4 rings (SSSR count). The molecule has 0 bridgehead atoms. The maximum Gasteiger partial charge on any atom is 0.263 e. The topological polar surface area (TPSA) is 79.4 Å². The number of sulfonamides is 1. The maximum atomic E-state index is 12.9. The Morgan fingerprint density at radius 1 is 1.20 bits per heavy atom. The molecule has 2 aromatic carbocycles. The molecule has 1 aliphatic rings. The number of hydrogen-bond acceptors (Lipinski definition) is 6. The van der Waals surface area contributed by atoms with Crippen molar-refractivity contribution >= 4 is 73.0 Å². The Morgan fingerprint density at radius 3 is 2.67 bits per heavy atom. The standard InChI is InChI=1S/C19H15Cl2N3O3S3.2H2/c20-14-2-1-3-15(17(14)21)29-16-8-10-24(18(16)25)12-4-6-13(7-5-12)30(26,27)23-19-22-9-11-28-19;;/h1-7,9,11,16H,8,10H2,(H,22,23);2*1H. The number of thioether (sulfide) groups is 1. The van der Waals surface area contributed by atoms with Crippen LogP contribution in [0, 0.1) is 0 Å². The molecule has 30 heavy (non-hydrogen) atoms. The number of thiazole rings is 1. The number of anilines is 2. The van der Waals surface area contributed by atoms with Gasteiger partial charge in [-0.15, -0.1) is 23.1 Å². The van der Waals surface area contributed by atoms with Gasteiger partial charge in [0, 0.05) is 31.6 Å². The summed E-state index contributed by atoms with van der Waals surface area (Å²) in [6, 6.07) is 11.6. The number of carbonyl (C=O) groups is 1. The largest absolute Gasteiger partial charge is 0.311 e. The molecule has 1 fully saturated rings. The van der Waals surface area contributed by atoms with Gasteiger partial charge >= 0.3 is 0 Å². The molecule has 1 aliphatic heterocycles. The number of aromatic nitrogens is 1. The number of amides is 1. The first-order valence-corrected chi connectivity index (χ1v) is 12.8. The van der Waals surface area contributed by atoms with Crippen LogP contribution >= 0.6 is 46.3 Å². The van der Waals surface area contributed by atoms with Gasteiger partial charge < -0.3 is 4.90 Å². The summed E-state index contributed by atoms with van der Waals surface area (Å²) in [5.41, 5.74) is 0.647. The number of benzene rings is 2. The van der Waals surface area contributed by atoms with Crippen LogP contribution < -0.4 is 9.62 Å². The first kappa shape index (κ1) is 21.5. The molecule has 11 heteroatoms. The van der Waals surface area contributed by atoms with E-state index in [-0.39, 0.29) is 18.9 Å². The van der Waals surface area contributed by atoms with Crippen molar-refractivity contribution in [3.63, 3.8) is 0 Å². The van der Waals surface area contributed by atoms with E-state index in [1.165, 1.54) is 41.4 Å². The van der Waals surface area contributed by atoms with Gasteiger partial charge in [0.1, 0.15) is 0 Å². The van der Waals surface area contributed by atoms with Gasteiger partial charge in [-0.3, -0.25) is 9.52 Å². The van der Waals surface area contributed by atoms with Crippen molar-refractivity contribution in [2.75, 3.05) is 16.2 Å². The first-order valence-electron chi connectivity index (χ1n) is 8.79. The van der Waals surface area contributed by atoms with Crippen LogP contribution in [-0.4, -0.2) is 31.1 Å². The van der Waals surface area contributed by atoms with Gasteiger partial charge in [0.15, 0.2) is 5.13 Å². The Bertz CT molecular complexity index is 1180. The van der Waals surface area contributed by atoms with Crippen LogP contribution in [-0.2, 0) is 14.8 Å². The second kappa shape index (κ2) is 8.76. The predicted molar refractivity (Wildman–Crippen MR) is 127 cm³/mol. The van der Waals surface area contributed by atoms with Crippen molar-refractivity contribution < 1.29 is 16.1 Å². The molecule has 1 atom stereocenters. The SMILES string of the molecule is O=C1C(Sc2cccc(Cl)c2Cl)CCN1c1ccc(S(=O)(=O)Nc2nccs2)cc1.[HH].[HH]. The number of halogens is 2. The van der Waals surface area contributed by atoms with Crippen LogP contribution in [0.15, 0.2) is 63.8 Å². The van der Waals surface area contributed by atoms with Crippen LogP contribution in [0.25, 0.3) is 0 Å². The van der Waals surface area contributed by atoms with Crippen LogP contribution in [0.4, 0.5) is 10.8 Å². The molecule has 1 aromatic heterocycles. The third-order valence-corrected chi connectivity index (χ3v) is 8.87. The van der Waals surface area contributed by atoms with Gasteiger partial charge in [0.2, 0.25) is 5.91 Å². The van der Waals surface area contributed by atoms with Gasteiger partial charge in [-0.05, 0) is 42.8 Å². The lowest BCUT2D eigenvalue weighted by molar-refractivity contribution is -0.116. The van der Waals surface area contributed by atoms with Crippen LogP contribution in [0.5, 0.6) is 0 Å². The molecule has 6 nitrogen and oxygen atoms in total. The van der Waals surface area contributed by atoms with E-state index in [1.807, 2.05) is 6.07 Å². The number of hydrogen-bond donors (Lipinski definition) is 1. The fourth-order valence-electron chi connectivity index (χ4n) is 3.00. The highest BCUT2D eigenvalue weighted by Gasteiger charge is 2.34. The third-order valence-electron chi connectivity index (χ3n) is 4.45. The van der Waals surface area contributed by atoms with Crippen molar-refractivity contribution in [3.8, 4) is 0 Å². The van der Waals surface area contributed by atoms with Crippen LogP contribution in [0.2, 0.25) is 10.0 Å². The zero-order valence-electron chi connectivity index (χ0n) is 15.3. The van der Waals surface area contributed by atoms with E-state index in [4.69, 9.17) is 23.2 Å². The molecule has 1 saturated heterocycles. The summed E-state index contributed by atoms with van der Waals surface area (Å²) in [5.74, 6) is -0.0486. The average molecular weight is 504 g/mol. The summed E-state index contributed by atoms with van der Waals surface area (Å²) < 4.78 is 27.3. The van der Waals surface area contributed by atoms with Gasteiger partial charge in [-0.2, -0.15) is 0 Å². The van der Waals surface area contributed by atoms with E-state index in [0.29, 0.717) is 33.8 Å². The van der Waals surface area contributed by atoms with E-state index < -0.39 is 10.0 Å². The Hall–Kier alpha value is -1.78. The average Bonchev–Trinajstić information content (AvgIpc) is 3.35. The van der Waals surface area contributed by atoms with Gasteiger partial charge in [-0.1, -0.05) is 29.3 Å². The number of rotatable bonds is 6. The van der Waals surface area contributed by atoms with E-state index >= 15 is 0 Å². The van der Waals surface area contributed by atoms with Crippen molar-refractivity contribution in [1.29, 1.82) is 0 Å². The minimum Gasteiger partial charge on any atom is -0.311 e. The minimum atomic E-state index is -3.73. The molecule has 1 N–H and O–H groups in total. The van der Waals surface area contributed by atoms with Gasteiger partial charge in [-0.25, -0.2) is 13.4 Å². The fourth-order valence-corrected chi connectivity index (χ4v) is 6.41. The van der Waals surface area contributed by atoms with Gasteiger partial charge in [0.25, 0.3) is 10.0 Å². The Labute approximate surface area is 195 Å². The molecule has 3 aromatic rings. The summed E-state index contributed by atoms with van der Waals surface area (Å²) >= 11 is 14.9. The summed E-state index contributed by atoms with van der Waals surface area (Å²) in [7, 11) is -3.73. The monoisotopic (exact) mass is 503 g/mol. The maximum absolute atomic E-state index is 12.9. The number of nitrogens with one attached hydrogen (secondary N) is 1. The molecule has 1 unspecified atom stereocenters. The van der Waals surface area contributed by atoms with E-state index in [0.717, 1.165) is 4.90 Å². The van der Waals surface area contributed by atoms with Crippen molar-refractivity contribution in [2.24, 2.45) is 0 Å². The highest BCUT2D eigenvalue weighted by Crippen LogP contribution is 2.39. The van der Waals surface area contributed by atoms with Crippen LogP contribution in [0.3, 0.4) is 0 Å². The lowest BCUT2D eigenvalue weighted by atomic mass is 10.3. The molecule has 0 spiro atoms. The van der Waals surface area contributed by atoms with Crippen molar-refractivity contribution in [2.45, 2.75) is 21.5 Å². The number of nitrogens with zero attached hydrogens (tertiary/aromatic N) is 2. The molecule has 2 heterocycles. The molecule has 160 valence electrons. The Morgan fingerprint density at radius 2 is 1.97 bits per heavy atom. The molecule has 1 amide bonds. The zero-order chi connectivity index (χ0) is 21.3. The highest BCUT2D eigenvalue weighted by molar-refractivity contribution is 8.00. The molecular formula is C19H19Cl2N3O3S3. The Balaban J connectivity index is 0.00000181. The lowest BCUT2D eigenvalue weighted by Gasteiger charge is -2.17. The summed E-state index contributed by atoms with van der Waals surface area (Å²) in [5, 5.41) is 2.60. The fraction of sp³-hybridized carbons (Fsp3) is 0.158. The van der Waals surface area contributed by atoms with E-state index in [2.05, 4.69) is 9.71 Å². The predicted octanol–water partition coefficient (Wildman–Crippen LogP) is 5.64. The molecule has 0 saturated carbocycles. The van der Waals surface area contributed by atoms with E-state index in [1.54, 1.807) is 34.5 Å². The minimum absolute atomic E-state index is 0. The molecule has 0 radical (unpaired) electrons. The van der Waals surface area contributed by atoms with Crippen molar-refractivity contribution in [1.82, 2.24) is 4.98 Å². The smallest absolute Gasteiger partial charge is 0.263 e. The first-order chi connectivity index (χ1) is 14.3.